The van der Waals surface area contributed by atoms with Crippen LogP contribution in [0.15, 0.2) is 60.1 Å². The van der Waals surface area contributed by atoms with Crippen LogP contribution in [-0.4, -0.2) is 44.0 Å². The van der Waals surface area contributed by atoms with E-state index < -0.39 is 0 Å². The fourth-order valence-electron chi connectivity index (χ4n) is 2.76. The van der Waals surface area contributed by atoms with Gasteiger partial charge in [-0.25, -0.2) is 9.67 Å². The van der Waals surface area contributed by atoms with Gasteiger partial charge in [-0.2, -0.15) is 10.2 Å². The first kappa shape index (κ1) is 17.7. The van der Waals surface area contributed by atoms with Gasteiger partial charge >= 0.3 is 0 Å². The van der Waals surface area contributed by atoms with E-state index in [4.69, 9.17) is 4.99 Å². The van der Waals surface area contributed by atoms with Gasteiger partial charge in [-0.1, -0.05) is 12.1 Å². The second-order valence-corrected chi connectivity index (χ2v) is 6.17. The average molecular weight is 351 g/mol. The summed E-state index contributed by atoms with van der Waals surface area (Å²) >= 11 is 0. The van der Waals surface area contributed by atoms with Crippen LogP contribution in [0, 0.1) is 0 Å². The summed E-state index contributed by atoms with van der Waals surface area (Å²) in [6.45, 7) is 4.26. The zero-order valence-electron chi connectivity index (χ0n) is 15.5. The number of aryl methyl sites for hydroxylation is 1. The molecule has 0 aliphatic rings. The van der Waals surface area contributed by atoms with Gasteiger partial charge in [0.05, 0.1) is 18.4 Å². The SMILES string of the molecule is CCNC(=NCc1cccc(-n2cccn2)c1)N(C)Cc1cnn(C)c1. The van der Waals surface area contributed by atoms with Crippen molar-refractivity contribution < 1.29 is 0 Å². The van der Waals surface area contributed by atoms with Crippen molar-refractivity contribution in [1.82, 2.24) is 29.8 Å². The lowest BCUT2D eigenvalue weighted by Gasteiger charge is -2.21. The van der Waals surface area contributed by atoms with E-state index in [1.807, 2.05) is 60.2 Å². The van der Waals surface area contributed by atoms with Crippen molar-refractivity contribution in [3.63, 3.8) is 0 Å². The summed E-state index contributed by atoms with van der Waals surface area (Å²) in [5.74, 6) is 0.876. The number of benzene rings is 1. The molecular weight excluding hydrogens is 326 g/mol. The Morgan fingerprint density at radius 2 is 2.12 bits per heavy atom. The van der Waals surface area contributed by atoms with Crippen LogP contribution >= 0.6 is 0 Å². The van der Waals surface area contributed by atoms with Crippen molar-refractivity contribution in [2.75, 3.05) is 13.6 Å². The highest BCUT2D eigenvalue weighted by Crippen LogP contribution is 2.11. The number of hydrogen-bond donors (Lipinski definition) is 1. The molecule has 7 heteroatoms. The first-order valence-electron chi connectivity index (χ1n) is 8.71. The van der Waals surface area contributed by atoms with Gasteiger partial charge in [0.2, 0.25) is 0 Å². The summed E-state index contributed by atoms with van der Waals surface area (Å²) in [5, 5.41) is 11.9. The van der Waals surface area contributed by atoms with E-state index in [1.54, 1.807) is 6.20 Å². The monoisotopic (exact) mass is 351 g/mol. The van der Waals surface area contributed by atoms with Crippen molar-refractivity contribution in [1.29, 1.82) is 0 Å². The molecule has 0 fully saturated rings. The maximum Gasteiger partial charge on any atom is 0.194 e. The lowest BCUT2D eigenvalue weighted by Crippen LogP contribution is -2.38. The fraction of sp³-hybridized carbons (Fsp3) is 0.316. The molecule has 2 aromatic heterocycles. The standard InChI is InChI=1S/C19H25N7/c1-4-20-19(24(2)14-17-13-23-25(3)15-17)21-12-16-7-5-8-18(11-16)26-10-6-9-22-26/h5-11,13,15H,4,12,14H2,1-3H3,(H,20,21). The predicted molar refractivity (Wildman–Crippen MR) is 103 cm³/mol. The zero-order valence-corrected chi connectivity index (χ0v) is 15.5. The van der Waals surface area contributed by atoms with Crippen molar-refractivity contribution in [3.05, 3.63) is 66.2 Å². The maximum atomic E-state index is 4.78. The van der Waals surface area contributed by atoms with E-state index in [0.717, 1.165) is 35.9 Å². The molecular formula is C19H25N7. The van der Waals surface area contributed by atoms with Gasteiger partial charge < -0.3 is 10.2 Å². The molecule has 7 nitrogen and oxygen atoms in total. The molecule has 0 bridgehead atoms. The molecule has 3 aromatic rings. The van der Waals surface area contributed by atoms with Crippen molar-refractivity contribution in [3.8, 4) is 5.69 Å². The lowest BCUT2D eigenvalue weighted by atomic mass is 10.2. The predicted octanol–water partition coefficient (Wildman–Crippen LogP) is 2.20. The van der Waals surface area contributed by atoms with E-state index >= 15 is 0 Å². The largest absolute Gasteiger partial charge is 0.357 e. The Hall–Kier alpha value is -3.09. The molecule has 0 saturated carbocycles. The molecule has 0 unspecified atom stereocenters. The molecule has 0 aliphatic heterocycles. The summed E-state index contributed by atoms with van der Waals surface area (Å²) in [6.07, 6.45) is 7.62. The molecule has 2 heterocycles. The van der Waals surface area contributed by atoms with Gasteiger partial charge in [0.1, 0.15) is 0 Å². The third-order valence-corrected chi connectivity index (χ3v) is 3.97. The van der Waals surface area contributed by atoms with Crippen molar-refractivity contribution in [2.24, 2.45) is 12.0 Å². The van der Waals surface area contributed by atoms with Gasteiger partial charge in [-0.15, -0.1) is 0 Å². The minimum absolute atomic E-state index is 0.606. The summed E-state index contributed by atoms with van der Waals surface area (Å²) in [6, 6.07) is 10.2. The minimum atomic E-state index is 0.606. The topological polar surface area (TPSA) is 63.3 Å². The summed E-state index contributed by atoms with van der Waals surface area (Å²) < 4.78 is 3.67. The maximum absolute atomic E-state index is 4.78. The molecule has 1 N–H and O–H groups in total. The summed E-state index contributed by atoms with van der Waals surface area (Å²) in [7, 11) is 3.96. The molecule has 0 radical (unpaired) electrons. The van der Waals surface area contributed by atoms with Crippen LogP contribution in [-0.2, 0) is 20.1 Å². The van der Waals surface area contributed by atoms with Gasteiger partial charge in [-0.05, 0) is 30.7 Å². The summed E-state index contributed by atoms with van der Waals surface area (Å²) in [5.41, 5.74) is 3.33. The number of hydrogen-bond acceptors (Lipinski definition) is 3. The quantitative estimate of drug-likeness (QED) is 0.546. The second kappa shape index (κ2) is 8.33. The van der Waals surface area contributed by atoms with Crippen LogP contribution in [0.4, 0.5) is 0 Å². The van der Waals surface area contributed by atoms with Crippen LogP contribution in [0.25, 0.3) is 5.69 Å². The number of guanidine groups is 1. The van der Waals surface area contributed by atoms with Crippen LogP contribution in [0.3, 0.4) is 0 Å². The lowest BCUT2D eigenvalue weighted by molar-refractivity contribution is 0.476. The second-order valence-electron chi connectivity index (χ2n) is 6.17. The third-order valence-electron chi connectivity index (χ3n) is 3.97. The van der Waals surface area contributed by atoms with E-state index in [9.17, 15) is 0 Å². The Labute approximate surface area is 154 Å². The van der Waals surface area contributed by atoms with E-state index in [2.05, 4.69) is 39.5 Å². The van der Waals surface area contributed by atoms with Crippen LogP contribution in [0.1, 0.15) is 18.1 Å². The molecule has 0 saturated heterocycles. The van der Waals surface area contributed by atoms with Gasteiger partial charge in [0, 0.05) is 51.3 Å². The smallest absolute Gasteiger partial charge is 0.194 e. The van der Waals surface area contributed by atoms with Gasteiger partial charge in [-0.3, -0.25) is 4.68 Å². The minimum Gasteiger partial charge on any atom is -0.357 e. The Kier molecular flexibility index (Phi) is 5.68. The highest BCUT2D eigenvalue weighted by Gasteiger charge is 2.08. The Morgan fingerprint density at radius 3 is 2.81 bits per heavy atom. The van der Waals surface area contributed by atoms with Gasteiger partial charge in [0.25, 0.3) is 0 Å². The highest BCUT2D eigenvalue weighted by molar-refractivity contribution is 5.79. The van der Waals surface area contributed by atoms with E-state index in [1.165, 1.54) is 0 Å². The molecule has 1 aromatic carbocycles. The number of nitrogens with zero attached hydrogens (tertiary/aromatic N) is 6. The van der Waals surface area contributed by atoms with Crippen LogP contribution in [0.5, 0.6) is 0 Å². The van der Waals surface area contributed by atoms with E-state index in [0.29, 0.717) is 6.54 Å². The Bertz CT molecular complexity index is 848. The molecule has 0 amide bonds. The first-order valence-corrected chi connectivity index (χ1v) is 8.71. The molecule has 136 valence electrons. The highest BCUT2D eigenvalue weighted by atomic mass is 15.3. The molecule has 0 atom stereocenters. The molecule has 3 rings (SSSR count). The Balaban J connectivity index is 1.71. The number of nitrogens with one attached hydrogen (secondary N) is 1. The van der Waals surface area contributed by atoms with Crippen LogP contribution in [0.2, 0.25) is 0 Å². The molecule has 0 spiro atoms. The first-order chi connectivity index (χ1) is 12.7. The number of aliphatic imine (C=N–C) groups is 1. The van der Waals surface area contributed by atoms with E-state index in [-0.39, 0.29) is 0 Å². The fourth-order valence-corrected chi connectivity index (χ4v) is 2.76. The Morgan fingerprint density at radius 1 is 1.23 bits per heavy atom. The third kappa shape index (κ3) is 4.50. The van der Waals surface area contributed by atoms with Crippen LogP contribution < -0.4 is 5.32 Å². The number of rotatable bonds is 6. The van der Waals surface area contributed by atoms with Gasteiger partial charge in [0.15, 0.2) is 5.96 Å². The van der Waals surface area contributed by atoms with Crippen molar-refractivity contribution >= 4 is 5.96 Å². The molecule has 26 heavy (non-hydrogen) atoms. The zero-order chi connectivity index (χ0) is 18.4. The van der Waals surface area contributed by atoms with Crippen molar-refractivity contribution in [2.45, 2.75) is 20.0 Å². The molecule has 0 aliphatic carbocycles. The summed E-state index contributed by atoms with van der Waals surface area (Å²) in [4.78, 5) is 6.89. The average Bonchev–Trinajstić information content (AvgIpc) is 3.31. The normalized spacial score (nSPS) is 11.6. The number of aromatic nitrogens is 4.